The zero-order valence-electron chi connectivity index (χ0n) is 16.2. The van der Waals surface area contributed by atoms with Crippen molar-refractivity contribution < 1.29 is 18.7 Å². The van der Waals surface area contributed by atoms with Gasteiger partial charge in [-0.3, -0.25) is 19.4 Å². The normalized spacial score (nSPS) is 17.5. The predicted octanol–water partition coefficient (Wildman–Crippen LogP) is 2.29. The summed E-state index contributed by atoms with van der Waals surface area (Å²) in [4.78, 5) is 30.7. The van der Waals surface area contributed by atoms with E-state index in [0.717, 1.165) is 13.0 Å². The quantitative estimate of drug-likeness (QED) is 0.795. The summed E-state index contributed by atoms with van der Waals surface area (Å²) in [6.45, 7) is 3.16. The summed E-state index contributed by atoms with van der Waals surface area (Å²) >= 11 is 0. The summed E-state index contributed by atoms with van der Waals surface area (Å²) in [5, 5.41) is 0. The third-order valence-electron chi connectivity index (χ3n) is 5.39. The van der Waals surface area contributed by atoms with E-state index in [-0.39, 0.29) is 30.8 Å². The van der Waals surface area contributed by atoms with Crippen LogP contribution in [0.4, 0.5) is 10.1 Å². The summed E-state index contributed by atoms with van der Waals surface area (Å²) < 4.78 is 19.4. The van der Waals surface area contributed by atoms with Crippen LogP contribution < -0.4 is 9.64 Å². The average Bonchev–Trinajstić information content (AvgIpc) is 2.97. The molecule has 7 heteroatoms. The van der Waals surface area contributed by atoms with Crippen molar-refractivity contribution in [3.8, 4) is 5.75 Å². The summed E-state index contributed by atoms with van der Waals surface area (Å²) in [6, 6.07) is 14.0. The van der Waals surface area contributed by atoms with Gasteiger partial charge in [0.2, 0.25) is 5.91 Å². The van der Waals surface area contributed by atoms with E-state index >= 15 is 0 Å². The van der Waals surface area contributed by atoms with E-state index in [2.05, 4.69) is 4.90 Å². The van der Waals surface area contributed by atoms with E-state index < -0.39 is 0 Å². The minimum Gasteiger partial charge on any atom is -0.482 e. The van der Waals surface area contributed by atoms with Crippen LogP contribution in [0.15, 0.2) is 48.5 Å². The van der Waals surface area contributed by atoms with Crippen molar-refractivity contribution in [2.45, 2.75) is 13.0 Å². The Balaban J connectivity index is 1.38. The minimum atomic E-state index is -0.215. The van der Waals surface area contributed by atoms with Crippen LogP contribution in [-0.4, -0.2) is 60.9 Å². The number of rotatable bonds is 4. The van der Waals surface area contributed by atoms with E-state index in [4.69, 9.17) is 4.74 Å². The molecule has 0 radical (unpaired) electrons. The number of hydrogen-bond acceptors (Lipinski definition) is 4. The number of fused-ring (bicyclic) bond motifs is 1. The second-order valence-electron chi connectivity index (χ2n) is 7.34. The summed E-state index contributed by atoms with van der Waals surface area (Å²) in [5.41, 5.74) is 1.30. The lowest BCUT2D eigenvalue weighted by Gasteiger charge is -2.31. The maximum absolute atomic E-state index is 13.9. The van der Waals surface area contributed by atoms with Crippen molar-refractivity contribution in [2.75, 3.05) is 44.2 Å². The molecule has 0 spiro atoms. The number of carbonyl (C=O) groups is 2. The molecule has 29 heavy (non-hydrogen) atoms. The Labute approximate surface area is 169 Å². The molecule has 0 unspecified atom stereocenters. The second kappa shape index (κ2) is 8.61. The predicted molar refractivity (Wildman–Crippen MR) is 107 cm³/mol. The van der Waals surface area contributed by atoms with E-state index in [1.807, 2.05) is 18.2 Å². The Hall–Kier alpha value is -2.93. The Morgan fingerprint density at radius 2 is 1.79 bits per heavy atom. The van der Waals surface area contributed by atoms with E-state index in [0.29, 0.717) is 43.2 Å². The SMILES string of the molecule is O=C(CN1C(=O)COc2ccccc21)N1CCCN(Cc2ccccc2F)CC1. The molecule has 2 heterocycles. The van der Waals surface area contributed by atoms with Crippen LogP contribution in [0.1, 0.15) is 12.0 Å². The lowest BCUT2D eigenvalue weighted by molar-refractivity contribution is -0.131. The summed E-state index contributed by atoms with van der Waals surface area (Å²) in [5.74, 6) is 0.122. The Kier molecular flexibility index (Phi) is 5.76. The van der Waals surface area contributed by atoms with Gasteiger partial charge in [0.05, 0.1) is 5.69 Å². The lowest BCUT2D eigenvalue weighted by Crippen LogP contribution is -2.47. The maximum atomic E-state index is 13.9. The van der Waals surface area contributed by atoms with Gasteiger partial charge in [-0.1, -0.05) is 30.3 Å². The Morgan fingerprint density at radius 1 is 1.00 bits per heavy atom. The van der Waals surface area contributed by atoms with Crippen molar-refractivity contribution in [1.82, 2.24) is 9.80 Å². The van der Waals surface area contributed by atoms with Crippen molar-refractivity contribution in [3.05, 3.63) is 59.9 Å². The third kappa shape index (κ3) is 4.40. The molecule has 0 aliphatic carbocycles. The van der Waals surface area contributed by atoms with Crippen LogP contribution in [0.5, 0.6) is 5.75 Å². The monoisotopic (exact) mass is 397 g/mol. The molecule has 0 atom stereocenters. The molecule has 1 fully saturated rings. The van der Waals surface area contributed by atoms with Crippen molar-refractivity contribution in [3.63, 3.8) is 0 Å². The molecule has 0 aromatic heterocycles. The maximum Gasteiger partial charge on any atom is 0.265 e. The highest BCUT2D eigenvalue weighted by atomic mass is 19.1. The average molecular weight is 397 g/mol. The van der Waals surface area contributed by atoms with Gasteiger partial charge in [-0.25, -0.2) is 4.39 Å². The number of carbonyl (C=O) groups excluding carboxylic acids is 2. The Bertz CT molecular complexity index is 904. The molecule has 0 saturated carbocycles. The van der Waals surface area contributed by atoms with Crippen molar-refractivity contribution in [2.24, 2.45) is 0 Å². The number of nitrogens with zero attached hydrogens (tertiary/aromatic N) is 3. The van der Waals surface area contributed by atoms with Gasteiger partial charge < -0.3 is 9.64 Å². The molecular weight excluding hydrogens is 373 g/mol. The first-order chi connectivity index (χ1) is 14.1. The first-order valence-corrected chi connectivity index (χ1v) is 9.87. The molecule has 4 rings (SSSR count). The molecule has 2 aliphatic heterocycles. The number of benzene rings is 2. The fourth-order valence-corrected chi connectivity index (χ4v) is 3.81. The van der Waals surface area contributed by atoms with Gasteiger partial charge in [-0.05, 0) is 24.6 Å². The third-order valence-corrected chi connectivity index (χ3v) is 5.39. The molecule has 2 aliphatic rings. The fourth-order valence-electron chi connectivity index (χ4n) is 3.81. The summed E-state index contributed by atoms with van der Waals surface area (Å²) in [7, 11) is 0. The van der Waals surface area contributed by atoms with Gasteiger partial charge in [0, 0.05) is 38.3 Å². The van der Waals surface area contributed by atoms with Crippen molar-refractivity contribution in [1.29, 1.82) is 0 Å². The van der Waals surface area contributed by atoms with Crippen LogP contribution in [0.25, 0.3) is 0 Å². The lowest BCUT2D eigenvalue weighted by atomic mass is 10.2. The largest absolute Gasteiger partial charge is 0.482 e. The molecule has 2 aromatic rings. The van der Waals surface area contributed by atoms with Gasteiger partial charge in [0.1, 0.15) is 18.1 Å². The number of para-hydroxylation sites is 2. The first kappa shape index (κ1) is 19.4. The molecule has 2 amide bonds. The van der Waals surface area contributed by atoms with E-state index in [1.54, 1.807) is 29.2 Å². The van der Waals surface area contributed by atoms with Crippen LogP contribution in [0.3, 0.4) is 0 Å². The second-order valence-corrected chi connectivity index (χ2v) is 7.34. The zero-order valence-corrected chi connectivity index (χ0v) is 16.2. The number of ether oxygens (including phenoxy) is 1. The highest BCUT2D eigenvalue weighted by Gasteiger charge is 2.29. The summed E-state index contributed by atoms with van der Waals surface area (Å²) in [6.07, 6.45) is 0.813. The smallest absolute Gasteiger partial charge is 0.265 e. The van der Waals surface area contributed by atoms with Gasteiger partial charge >= 0.3 is 0 Å². The minimum absolute atomic E-state index is 0.00647. The van der Waals surface area contributed by atoms with Crippen molar-refractivity contribution >= 4 is 17.5 Å². The first-order valence-electron chi connectivity index (χ1n) is 9.87. The molecule has 1 saturated heterocycles. The van der Waals surface area contributed by atoms with E-state index in [1.165, 1.54) is 11.0 Å². The fraction of sp³-hybridized carbons (Fsp3) is 0.364. The molecule has 0 bridgehead atoms. The van der Waals surface area contributed by atoms with Crippen LogP contribution in [-0.2, 0) is 16.1 Å². The standard InChI is InChI=1S/C22H24FN3O3/c23-18-7-2-1-6-17(18)14-24-10-5-11-25(13-12-24)21(27)15-26-19-8-3-4-9-20(19)29-16-22(26)28/h1-4,6-9H,5,10-16H2. The highest BCUT2D eigenvalue weighted by molar-refractivity contribution is 6.02. The number of halogens is 1. The molecule has 0 N–H and O–H groups in total. The zero-order chi connectivity index (χ0) is 20.2. The highest BCUT2D eigenvalue weighted by Crippen LogP contribution is 2.31. The number of anilines is 1. The van der Waals surface area contributed by atoms with Crippen LogP contribution in [0, 0.1) is 5.82 Å². The van der Waals surface area contributed by atoms with Gasteiger partial charge in [0.15, 0.2) is 6.61 Å². The van der Waals surface area contributed by atoms with Crippen LogP contribution >= 0.6 is 0 Å². The molecular formula is C22H24FN3O3. The molecule has 152 valence electrons. The molecule has 6 nitrogen and oxygen atoms in total. The number of amides is 2. The van der Waals surface area contributed by atoms with Gasteiger partial charge in [0.25, 0.3) is 5.91 Å². The Morgan fingerprint density at radius 3 is 2.66 bits per heavy atom. The van der Waals surface area contributed by atoms with E-state index in [9.17, 15) is 14.0 Å². The number of hydrogen-bond donors (Lipinski definition) is 0. The van der Waals surface area contributed by atoms with Gasteiger partial charge in [-0.15, -0.1) is 0 Å². The van der Waals surface area contributed by atoms with Gasteiger partial charge in [-0.2, -0.15) is 0 Å². The van der Waals surface area contributed by atoms with Crippen LogP contribution in [0.2, 0.25) is 0 Å². The molecule has 2 aromatic carbocycles. The topological polar surface area (TPSA) is 53.1 Å².